The second-order valence-electron chi connectivity index (χ2n) is 6.04. The number of rotatable bonds is 4. The topological polar surface area (TPSA) is 88.1 Å². The van der Waals surface area contributed by atoms with Crippen molar-refractivity contribution in [2.24, 2.45) is 0 Å². The fourth-order valence-corrected chi connectivity index (χ4v) is 2.78. The van der Waals surface area contributed by atoms with Crippen molar-refractivity contribution in [3.05, 3.63) is 0 Å². The third-order valence-electron chi connectivity index (χ3n) is 4.02. The molecule has 2 fully saturated rings. The van der Waals surface area contributed by atoms with Crippen LogP contribution in [0, 0.1) is 0 Å². The number of carbonyl (C=O) groups excluding carboxylic acids is 1. The van der Waals surface area contributed by atoms with Gasteiger partial charge in [-0.2, -0.15) is 0 Å². The Morgan fingerprint density at radius 2 is 2.14 bits per heavy atom. The number of carbonyl (C=O) groups is 2. The number of nitrogens with zero attached hydrogens (tertiary/aromatic N) is 1. The van der Waals surface area contributed by atoms with Gasteiger partial charge < -0.3 is 24.8 Å². The van der Waals surface area contributed by atoms with Crippen LogP contribution >= 0.6 is 0 Å². The molecule has 1 atom stereocenters. The highest BCUT2D eigenvalue weighted by molar-refractivity contribution is 5.75. The summed E-state index contributed by atoms with van der Waals surface area (Å²) in [6.07, 6.45) is 3.17. The predicted octanol–water partition coefficient (Wildman–Crippen LogP) is 0.831. The van der Waals surface area contributed by atoms with E-state index in [9.17, 15) is 9.59 Å². The number of ether oxygens (including phenoxy) is 2. The van der Waals surface area contributed by atoms with Crippen molar-refractivity contribution in [2.75, 3.05) is 32.9 Å². The number of hydrogen-bond acceptors (Lipinski definition) is 4. The summed E-state index contributed by atoms with van der Waals surface area (Å²) in [4.78, 5) is 24.5. The van der Waals surface area contributed by atoms with Gasteiger partial charge in [0.1, 0.15) is 6.61 Å². The number of carboxylic acids is 1. The zero-order valence-electron chi connectivity index (χ0n) is 12.5. The quantitative estimate of drug-likeness (QED) is 0.803. The molecule has 120 valence electrons. The molecule has 0 aliphatic carbocycles. The molecule has 2 heterocycles. The molecule has 0 bridgehead atoms. The molecule has 2 rings (SSSR count). The van der Waals surface area contributed by atoms with Crippen LogP contribution in [-0.2, 0) is 14.3 Å². The summed E-state index contributed by atoms with van der Waals surface area (Å²) in [6.45, 7) is 4.23. The summed E-state index contributed by atoms with van der Waals surface area (Å²) in [5.41, 5.74) is -0.286. The number of likely N-dealkylation sites (tertiary alicyclic amines) is 1. The number of nitrogens with one attached hydrogen (secondary N) is 1. The Hall–Kier alpha value is -1.34. The van der Waals surface area contributed by atoms with Crippen LogP contribution in [-0.4, -0.2) is 66.6 Å². The molecule has 21 heavy (non-hydrogen) atoms. The van der Waals surface area contributed by atoms with Gasteiger partial charge in [-0.1, -0.05) is 0 Å². The monoisotopic (exact) mass is 300 g/mol. The zero-order valence-corrected chi connectivity index (χ0v) is 12.5. The molecule has 0 spiro atoms. The van der Waals surface area contributed by atoms with Crippen molar-refractivity contribution in [3.63, 3.8) is 0 Å². The Morgan fingerprint density at radius 3 is 2.71 bits per heavy atom. The molecule has 2 N–H and O–H groups in total. The lowest BCUT2D eigenvalue weighted by atomic mass is 9.95. The van der Waals surface area contributed by atoms with E-state index in [4.69, 9.17) is 14.6 Å². The molecule has 7 nitrogen and oxygen atoms in total. The second kappa shape index (κ2) is 7.09. The standard InChI is InChI=1S/C14H24N2O5/c1-14(5-2-8-20-10-14)15-13(19)16-6-3-11(4-7-16)21-9-12(17)18/h11H,2-10H2,1H3,(H,15,19)(H,17,18). The van der Waals surface area contributed by atoms with E-state index < -0.39 is 5.97 Å². The summed E-state index contributed by atoms with van der Waals surface area (Å²) < 4.78 is 10.7. The van der Waals surface area contributed by atoms with Gasteiger partial charge in [0.05, 0.1) is 18.2 Å². The van der Waals surface area contributed by atoms with E-state index >= 15 is 0 Å². The highest BCUT2D eigenvalue weighted by Gasteiger charge is 2.32. The van der Waals surface area contributed by atoms with E-state index in [2.05, 4.69) is 5.32 Å². The number of piperidine rings is 1. The first-order valence-electron chi connectivity index (χ1n) is 7.47. The average molecular weight is 300 g/mol. The maximum Gasteiger partial charge on any atom is 0.329 e. The van der Waals surface area contributed by atoms with Crippen molar-refractivity contribution >= 4 is 12.0 Å². The van der Waals surface area contributed by atoms with Crippen LogP contribution in [0.4, 0.5) is 4.79 Å². The molecule has 2 aliphatic rings. The van der Waals surface area contributed by atoms with E-state index in [0.717, 1.165) is 19.4 Å². The van der Waals surface area contributed by atoms with Gasteiger partial charge in [-0.3, -0.25) is 0 Å². The fourth-order valence-electron chi connectivity index (χ4n) is 2.78. The van der Waals surface area contributed by atoms with E-state index in [1.165, 1.54) is 0 Å². The second-order valence-corrected chi connectivity index (χ2v) is 6.04. The van der Waals surface area contributed by atoms with E-state index in [0.29, 0.717) is 32.5 Å². The van der Waals surface area contributed by atoms with Crippen LogP contribution in [0.25, 0.3) is 0 Å². The Balaban J connectivity index is 1.73. The van der Waals surface area contributed by atoms with Gasteiger partial charge in [0, 0.05) is 19.7 Å². The minimum absolute atomic E-state index is 0.0697. The normalized spacial score (nSPS) is 27.4. The third-order valence-corrected chi connectivity index (χ3v) is 4.02. The first-order chi connectivity index (χ1) is 9.98. The van der Waals surface area contributed by atoms with Crippen LogP contribution in [0.15, 0.2) is 0 Å². The third kappa shape index (κ3) is 4.86. The summed E-state index contributed by atoms with van der Waals surface area (Å²) in [7, 11) is 0. The van der Waals surface area contributed by atoms with Gasteiger partial charge in [0.25, 0.3) is 0 Å². The van der Waals surface area contributed by atoms with E-state index in [1.807, 2.05) is 6.92 Å². The summed E-state index contributed by atoms with van der Waals surface area (Å²) in [5.74, 6) is -0.958. The molecule has 1 unspecified atom stereocenters. The lowest BCUT2D eigenvalue weighted by molar-refractivity contribution is -0.145. The van der Waals surface area contributed by atoms with Crippen LogP contribution in [0.1, 0.15) is 32.6 Å². The fraction of sp³-hybridized carbons (Fsp3) is 0.857. The largest absolute Gasteiger partial charge is 0.480 e. The van der Waals surface area contributed by atoms with Gasteiger partial charge in [-0.15, -0.1) is 0 Å². The Bertz CT molecular complexity index is 374. The molecule has 7 heteroatoms. The maximum absolute atomic E-state index is 12.3. The van der Waals surface area contributed by atoms with Gasteiger partial charge in [0.2, 0.25) is 0 Å². The molecule has 0 aromatic rings. The maximum atomic E-state index is 12.3. The van der Waals surface area contributed by atoms with Crippen LogP contribution < -0.4 is 5.32 Å². The van der Waals surface area contributed by atoms with E-state index in [1.54, 1.807) is 4.90 Å². The number of carboxylic acid groups (broad SMARTS) is 1. The molecule has 0 saturated carbocycles. The zero-order chi connectivity index (χ0) is 15.3. The lowest BCUT2D eigenvalue weighted by Crippen LogP contribution is -2.56. The molecule has 2 aliphatic heterocycles. The summed E-state index contributed by atoms with van der Waals surface area (Å²) in [6, 6.07) is -0.0697. The smallest absolute Gasteiger partial charge is 0.329 e. The lowest BCUT2D eigenvalue weighted by Gasteiger charge is -2.38. The number of amides is 2. The molecule has 0 aromatic heterocycles. The predicted molar refractivity (Wildman–Crippen MR) is 75.2 cm³/mol. The molecule has 0 radical (unpaired) electrons. The van der Waals surface area contributed by atoms with Gasteiger partial charge in [-0.05, 0) is 32.6 Å². The van der Waals surface area contributed by atoms with Gasteiger partial charge >= 0.3 is 12.0 Å². The number of aliphatic carboxylic acids is 1. The van der Waals surface area contributed by atoms with Crippen LogP contribution in [0.2, 0.25) is 0 Å². The van der Waals surface area contributed by atoms with E-state index in [-0.39, 0.29) is 24.3 Å². The average Bonchev–Trinajstić information content (AvgIpc) is 2.46. The summed E-state index contributed by atoms with van der Waals surface area (Å²) in [5, 5.41) is 11.6. The van der Waals surface area contributed by atoms with Crippen molar-refractivity contribution in [2.45, 2.75) is 44.2 Å². The van der Waals surface area contributed by atoms with Crippen molar-refractivity contribution < 1.29 is 24.2 Å². The minimum Gasteiger partial charge on any atom is -0.480 e. The Kier molecular flexibility index (Phi) is 5.41. The van der Waals surface area contributed by atoms with Crippen LogP contribution in [0.3, 0.4) is 0 Å². The van der Waals surface area contributed by atoms with Crippen LogP contribution in [0.5, 0.6) is 0 Å². The Labute approximate surface area is 124 Å². The highest BCUT2D eigenvalue weighted by atomic mass is 16.5. The number of hydrogen-bond donors (Lipinski definition) is 2. The Morgan fingerprint density at radius 1 is 1.43 bits per heavy atom. The first-order valence-corrected chi connectivity index (χ1v) is 7.47. The molecular formula is C14H24N2O5. The van der Waals surface area contributed by atoms with Crippen molar-refractivity contribution in [3.8, 4) is 0 Å². The summed E-state index contributed by atoms with van der Waals surface area (Å²) >= 11 is 0. The van der Waals surface area contributed by atoms with Crippen molar-refractivity contribution in [1.82, 2.24) is 10.2 Å². The molecular weight excluding hydrogens is 276 g/mol. The SMILES string of the molecule is CC1(NC(=O)N2CCC(OCC(=O)O)CC2)CCCOC1. The van der Waals surface area contributed by atoms with Crippen molar-refractivity contribution in [1.29, 1.82) is 0 Å². The molecule has 0 aromatic carbocycles. The molecule has 2 amide bonds. The first kappa shape index (κ1) is 16.0. The number of urea groups is 1. The highest BCUT2D eigenvalue weighted by Crippen LogP contribution is 2.20. The van der Waals surface area contributed by atoms with Gasteiger partial charge in [-0.25, -0.2) is 9.59 Å². The minimum atomic E-state index is -0.958. The molecule has 2 saturated heterocycles. The van der Waals surface area contributed by atoms with Gasteiger partial charge in [0.15, 0.2) is 0 Å².